The van der Waals surface area contributed by atoms with Crippen molar-refractivity contribution in [3.63, 3.8) is 0 Å². The molecule has 1 aromatic carbocycles. The molecule has 0 aliphatic carbocycles. The van der Waals surface area contributed by atoms with Crippen molar-refractivity contribution in [1.29, 1.82) is 0 Å². The van der Waals surface area contributed by atoms with E-state index in [1.54, 1.807) is 19.2 Å². The lowest BCUT2D eigenvalue weighted by Crippen LogP contribution is -2.31. The van der Waals surface area contributed by atoms with E-state index in [0.29, 0.717) is 23.2 Å². The number of hydrogen-bond acceptors (Lipinski definition) is 3. The zero-order chi connectivity index (χ0) is 14.6. The topological polar surface area (TPSA) is 58.4 Å². The van der Waals surface area contributed by atoms with E-state index in [0.717, 1.165) is 12.1 Å². The van der Waals surface area contributed by atoms with Crippen LogP contribution >= 0.6 is 0 Å². The Bertz CT molecular complexity index is 443. The van der Waals surface area contributed by atoms with Crippen molar-refractivity contribution in [3.8, 4) is 0 Å². The summed E-state index contributed by atoms with van der Waals surface area (Å²) in [6.45, 7) is 6.58. The van der Waals surface area contributed by atoms with Crippen molar-refractivity contribution >= 4 is 17.3 Å². The summed E-state index contributed by atoms with van der Waals surface area (Å²) in [5.74, 6) is 0.534. The van der Waals surface area contributed by atoms with Crippen LogP contribution in [0.25, 0.3) is 0 Å². The third kappa shape index (κ3) is 3.88. The average molecular weight is 263 g/mol. The van der Waals surface area contributed by atoms with Gasteiger partial charge >= 0.3 is 0 Å². The zero-order valence-corrected chi connectivity index (χ0v) is 12.5. The molecule has 0 aromatic heterocycles. The molecule has 19 heavy (non-hydrogen) atoms. The minimum absolute atomic E-state index is 0.0915. The SMILES string of the molecule is CNC(=O)c1ccc(N)c(N(C)C(C)CC(C)C)c1. The Balaban J connectivity index is 3.01. The van der Waals surface area contributed by atoms with Gasteiger partial charge in [-0.1, -0.05) is 13.8 Å². The second-order valence-corrected chi connectivity index (χ2v) is 5.44. The monoisotopic (exact) mass is 263 g/mol. The molecule has 1 aromatic rings. The Morgan fingerprint density at radius 2 is 2.00 bits per heavy atom. The molecule has 4 nitrogen and oxygen atoms in total. The summed E-state index contributed by atoms with van der Waals surface area (Å²) < 4.78 is 0. The van der Waals surface area contributed by atoms with Gasteiger partial charge in [0.1, 0.15) is 0 Å². The summed E-state index contributed by atoms with van der Waals surface area (Å²) in [6, 6.07) is 5.77. The molecule has 3 N–H and O–H groups in total. The fourth-order valence-electron chi connectivity index (χ4n) is 2.21. The van der Waals surface area contributed by atoms with E-state index in [4.69, 9.17) is 5.73 Å². The van der Waals surface area contributed by atoms with E-state index in [9.17, 15) is 4.79 Å². The Morgan fingerprint density at radius 1 is 1.37 bits per heavy atom. The number of nitrogens with one attached hydrogen (secondary N) is 1. The van der Waals surface area contributed by atoms with Crippen molar-refractivity contribution in [2.75, 3.05) is 24.7 Å². The number of hydrogen-bond donors (Lipinski definition) is 2. The van der Waals surface area contributed by atoms with Crippen molar-refractivity contribution in [2.24, 2.45) is 5.92 Å². The van der Waals surface area contributed by atoms with Gasteiger partial charge in [0.15, 0.2) is 0 Å². The summed E-state index contributed by atoms with van der Waals surface area (Å²) in [6.07, 6.45) is 1.08. The summed E-state index contributed by atoms with van der Waals surface area (Å²) in [7, 11) is 3.65. The number of benzene rings is 1. The Labute approximate surface area is 116 Å². The minimum atomic E-state index is -0.0915. The van der Waals surface area contributed by atoms with Crippen molar-refractivity contribution in [1.82, 2.24) is 5.32 Å². The Hall–Kier alpha value is -1.71. The van der Waals surface area contributed by atoms with Crippen molar-refractivity contribution < 1.29 is 4.79 Å². The summed E-state index contributed by atoms with van der Waals surface area (Å²) in [4.78, 5) is 13.8. The van der Waals surface area contributed by atoms with E-state index in [1.807, 2.05) is 13.1 Å². The van der Waals surface area contributed by atoms with Gasteiger partial charge < -0.3 is 16.0 Å². The summed E-state index contributed by atoms with van der Waals surface area (Å²) in [5.41, 5.74) is 8.27. The highest BCUT2D eigenvalue weighted by Crippen LogP contribution is 2.26. The van der Waals surface area contributed by atoms with Crippen LogP contribution in [0.2, 0.25) is 0 Å². The van der Waals surface area contributed by atoms with Crippen molar-refractivity contribution in [2.45, 2.75) is 33.2 Å². The first-order valence-corrected chi connectivity index (χ1v) is 6.71. The van der Waals surface area contributed by atoms with Crippen LogP contribution < -0.4 is 16.0 Å². The lowest BCUT2D eigenvalue weighted by atomic mass is 10.0. The molecule has 0 aliphatic heterocycles. The van der Waals surface area contributed by atoms with Crippen LogP contribution in [0.5, 0.6) is 0 Å². The lowest BCUT2D eigenvalue weighted by molar-refractivity contribution is 0.0963. The standard InChI is InChI=1S/C15H25N3O/c1-10(2)8-11(3)18(5)14-9-12(15(19)17-4)6-7-13(14)16/h6-7,9-11H,8,16H2,1-5H3,(H,17,19). The highest BCUT2D eigenvalue weighted by molar-refractivity contribution is 5.96. The van der Waals surface area contributed by atoms with Gasteiger partial charge in [0.05, 0.1) is 11.4 Å². The number of nitrogens with zero attached hydrogens (tertiary/aromatic N) is 1. The van der Waals surface area contributed by atoms with E-state index in [2.05, 4.69) is 31.0 Å². The van der Waals surface area contributed by atoms with Crippen LogP contribution in [0.15, 0.2) is 18.2 Å². The molecule has 1 unspecified atom stereocenters. The molecule has 1 rings (SSSR count). The second kappa shape index (κ2) is 6.45. The molecule has 0 aliphatic rings. The maximum Gasteiger partial charge on any atom is 0.251 e. The molecule has 0 spiro atoms. The normalized spacial score (nSPS) is 12.3. The van der Waals surface area contributed by atoms with Gasteiger partial charge in [-0.05, 0) is 37.5 Å². The van der Waals surface area contributed by atoms with E-state index >= 15 is 0 Å². The van der Waals surface area contributed by atoms with Gasteiger partial charge in [-0.15, -0.1) is 0 Å². The number of rotatable bonds is 5. The maximum absolute atomic E-state index is 11.7. The molecule has 0 saturated heterocycles. The summed E-state index contributed by atoms with van der Waals surface area (Å²) in [5, 5.41) is 2.63. The molecule has 0 fully saturated rings. The zero-order valence-electron chi connectivity index (χ0n) is 12.5. The number of carbonyl (C=O) groups is 1. The first-order valence-electron chi connectivity index (χ1n) is 6.71. The van der Waals surface area contributed by atoms with Gasteiger partial charge in [0.25, 0.3) is 5.91 Å². The largest absolute Gasteiger partial charge is 0.397 e. The Morgan fingerprint density at radius 3 is 2.53 bits per heavy atom. The number of nitrogen functional groups attached to an aromatic ring is 1. The van der Waals surface area contributed by atoms with Gasteiger partial charge in [0, 0.05) is 25.7 Å². The molecule has 0 bridgehead atoms. The van der Waals surface area contributed by atoms with Crippen LogP contribution in [-0.2, 0) is 0 Å². The third-order valence-corrected chi connectivity index (χ3v) is 3.37. The Kier molecular flexibility index (Phi) is 5.21. The van der Waals surface area contributed by atoms with Gasteiger partial charge in [-0.25, -0.2) is 0 Å². The molecule has 0 radical (unpaired) electrons. The van der Waals surface area contributed by atoms with Crippen LogP contribution in [-0.4, -0.2) is 26.0 Å². The molecular formula is C15H25N3O. The highest BCUT2D eigenvalue weighted by atomic mass is 16.1. The maximum atomic E-state index is 11.7. The van der Waals surface area contributed by atoms with Crippen LogP contribution in [0.1, 0.15) is 37.6 Å². The highest BCUT2D eigenvalue weighted by Gasteiger charge is 2.15. The van der Waals surface area contributed by atoms with E-state index in [-0.39, 0.29) is 5.91 Å². The minimum Gasteiger partial charge on any atom is -0.397 e. The molecule has 4 heteroatoms. The van der Waals surface area contributed by atoms with Crippen LogP contribution in [0, 0.1) is 5.92 Å². The first-order chi connectivity index (χ1) is 8.86. The number of nitrogens with two attached hydrogens (primary N) is 1. The van der Waals surface area contributed by atoms with Crippen LogP contribution in [0.4, 0.5) is 11.4 Å². The number of amides is 1. The summed E-state index contributed by atoms with van der Waals surface area (Å²) >= 11 is 0. The molecule has 1 atom stereocenters. The van der Waals surface area contributed by atoms with Crippen LogP contribution in [0.3, 0.4) is 0 Å². The van der Waals surface area contributed by atoms with Crippen molar-refractivity contribution in [3.05, 3.63) is 23.8 Å². The predicted molar refractivity (Wildman–Crippen MR) is 81.6 cm³/mol. The fraction of sp³-hybridized carbons (Fsp3) is 0.533. The molecule has 1 amide bonds. The number of carbonyl (C=O) groups excluding carboxylic acids is 1. The lowest BCUT2D eigenvalue weighted by Gasteiger charge is -2.29. The van der Waals surface area contributed by atoms with E-state index in [1.165, 1.54) is 0 Å². The molecular weight excluding hydrogens is 238 g/mol. The fourth-order valence-corrected chi connectivity index (χ4v) is 2.21. The van der Waals surface area contributed by atoms with Gasteiger partial charge in [-0.3, -0.25) is 4.79 Å². The predicted octanol–water partition coefficient (Wildman–Crippen LogP) is 2.50. The quantitative estimate of drug-likeness (QED) is 0.802. The average Bonchev–Trinajstić information content (AvgIpc) is 2.36. The van der Waals surface area contributed by atoms with Gasteiger partial charge in [-0.2, -0.15) is 0 Å². The number of anilines is 2. The van der Waals surface area contributed by atoms with E-state index < -0.39 is 0 Å². The molecule has 0 saturated carbocycles. The first kappa shape index (κ1) is 15.3. The second-order valence-electron chi connectivity index (χ2n) is 5.44. The van der Waals surface area contributed by atoms with Gasteiger partial charge in [0.2, 0.25) is 0 Å². The smallest absolute Gasteiger partial charge is 0.251 e. The molecule has 0 heterocycles. The molecule has 106 valence electrons. The third-order valence-electron chi connectivity index (χ3n) is 3.37.